The fourth-order valence-electron chi connectivity index (χ4n) is 2.29. The Labute approximate surface area is 137 Å². The largest absolute Gasteiger partial charge is 0.330 e. The van der Waals surface area contributed by atoms with Crippen molar-refractivity contribution < 1.29 is 8.42 Å². The van der Waals surface area contributed by atoms with Gasteiger partial charge in [0.05, 0.1) is 10.0 Å². The molecule has 8 heteroatoms. The molecule has 1 saturated heterocycles. The van der Waals surface area contributed by atoms with Gasteiger partial charge in [0.25, 0.3) is 0 Å². The van der Waals surface area contributed by atoms with E-state index in [1.165, 1.54) is 16.4 Å². The van der Waals surface area contributed by atoms with Gasteiger partial charge in [0.15, 0.2) is 0 Å². The lowest BCUT2D eigenvalue weighted by Crippen LogP contribution is -2.40. The molecule has 0 unspecified atom stereocenters. The Balaban J connectivity index is 2.32. The Kier molecular flexibility index (Phi) is 5.37. The minimum Gasteiger partial charge on any atom is -0.330 e. The summed E-state index contributed by atoms with van der Waals surface area (Å²) in [6.07, 6.45) is 1.53. The molecule has 1 fully saturated rings. The summed E-state index contributed by atoms with van der Waals surface area (Å²) in [5.41, 5.74) is 5.62. The van der Waals surface area contributed by atoms with Crippen LogP contribution in [0.3, 0.4) is 0 Å². The quantitative estimate of drug-likeness (QED) is 0.846. The van der Waals surface area contributed by atoms with Gasteiger partial charge in [0.1, 0.15) is 4.90 Å². The molecule has 0 bridgehead atoms. The van der Waals surface area contributed by atoms with Crippen molar-refractivity contribution in [2.45, 2.75) is 17.7 Å². The third-order valence-electron chi connectivity index (χ3n) is 3.47. The lowest BCUT2D eigenvalue weighted by atomic mass is 9.99. The molecule has 0 saturated carbocycles. The van der Waals surface area contributed by atoms with Gasteiger partial charge in [-0.15, -0.1) is 0 Å². The molecule has 1 aliphatic rings. The zero-order chi connectivity index (χ0) is 14.9. The average molecular weight is 402 g/mol. The van der Waals surface area contributed by atoms with E-state index >= 15 is 0 Å². The molecule has 0 spiro atoms. The van der Waals surface area contributed by atoms with E-state index in [0.29, 0.717) is 30.0 Å². The highest BCUT2D eigenvalue weighted by Gasteiger charge is 2.32. The van der Waals surface area contributed by atoms with Crippen molar-refractivity contribution in [1.29, 1.82) is 0 Å². The predicted octanol–water partition coefficient (Wildman–Crippen LogP) is 3.12. The number of rotatable bonds is 3. The number of benzene rings is 1. The van der Waals surface area contributed by atoms with Crippen LogP contribution in [-0.4, -0.2) is 32.4 Å². The van der Waals surface area contributed by atoms with Crippen molar-refractivity contribution in [1.82, 2.24) is 4.31 Å². The normalized spacial score (nSPS) is 18.4. The maximum absolute atomic E-state index is 12.6. The van der Waals surface area contributed by atoms with Crippen molar-refractivity contribution >= 4 is 49.2 Å². The summed E-state index contributed by atoms with van der Waals surface area (Å²) in [5, 5.41) is 0.260. The monoisotopic (exact) mass is 400 g/mol. The standard InChI is InChI=1S/C12H15BrCl2N2O2S/c13-9-5-10(14)12(11(15)6-9)20(18,19)17-3-1-8(7-16)2-4-17/h5-6,8H,1-4,7,16H2. The predicted molar refractivity (Wildman–Crippen MR) is 84.7 cm³/mol. The fraction of sp³-hybridized carbons (Fsp3) is 0.500. The molecule has 0 atom stereocenters. The fourth-order valence-corrected chi connectivity index (χ4v) is 5.64. The topological polar surface area (TPSA) is 63.4 Å². The molecule has 2 rings (SSSR count). The summed E-state index contributed by atoms with van der Waals surface area (Å²) in [5.74, 6) is 0.386. The van der Waals surface area contributed by atoms with E-state index in [1.54, 1.807) is 0 Å². The van der Waals surface area contributed by atoms with Gasteiger partial charge in [-0.05, 0) is 37.4 Å². The highest BCUT2D eigenvalue weighted by atomic mass is 79.9. The highest BCUT2D eigenvalue weighted by Crippen LogP contribution is 2.35. The van der Waals surface area contributed by atoms with Crippen molar-refractivity contribution in [3.8, 4) is 0 Å². The summed E-state index contributed by atoms with van der Waals surface area (Å²) >= 11 is 15.3. The molecule has 2 N–H and O–H groups in total. The molecule has 1 heterocycles. The third kappa shape index (κ3) is 3.31. The first kappa shape index (κ1) is 16.5. The Morgan fingerprint density at radius 1 is 1.25 bits per heavy atom. The molecular weight excluding hydrogens is 387 g/mol. The lowest BCUT2D eigenvalue weighted by molar-refractivity contribution is 0.278. The molecule has 20 heavy (non-hydrogen) atoms. The van der Waals surface area contributed by atoms with Crippen LogP contribution < -0.4 is 5.73 Å². The lowest BCUT2D eigenvalue weighted by Gasteiger charge is -2.31. The van der Waals surface area contributed by atoms with Gasteiger partial charge in [-0.1, -0.05) is 39.1 Å². The number of hydrogen-bond donors (Lipinski definition) is 1. The second-order valence-corrected chi connectivity index (χ2v) is 8.39. The minimum atomic E-state index is -3.66. The van der Waals surface area contributed by atoms with Gasteiger partial charge in [-0.3, -0.25) is 0 Å². The smallest absolute Gasteiger partial charge is 0.246 e. The zero-order valence-electron chi connectivity index (χ0n) is 10.7. The molecule has 4 nitrogen and oxygen atoms in total. The maximum Gasteiger partial charge on any atom is 0.246 e. The van der Waals surface area contributed by atoms with E-state index < -0.39 is 10.0 Å². The summed E-state index contributed by atoms with van der Waals surface area (Å²) in [7, 11) is -3.66. The summed E-state index contributed by atoms with van der Waals surface area (Å²) in [4.78, 5) is -0.0183. The van der Waals surface area contributed by atoms with Gasteiger partial charge < -0.3 is 5.73 Å². The molecule has 0 aromatic heterocycles. The first-order valence-electron chi connectivity index (χ1n) is 6.21. The van der Waals surface area contributed by atoms with Crippen molar-refractivity contribution in [2.75, 3.05) is 19.6 Å². The van der Waals surface area contributed by atoms with Gasteiger partial charge in [-0.2, -0.15) is 4.31 Å². The molecule has 1 aliphatic heterocycles. The average Bonchev–Trinajstić information content (AvgIpc) is 2.37. The van der Waals surface area contributed by atoms with Crippen LogP contribution in [0.25, 0.3) is 0 Å². The number of hydrogen-bond acceptors (Lipinski definition) is 3. The molecule has 0 amide bonds. The first-order valence-corrected chi connectivity index (χ1v) is 9.20. The Hall–Kier alpha value is 0.150. The Morgan fingerprint density at radius 3 is 2.20 bits per heavy atom. The third-order valence-corrected chi connectivity index (χ3v) is 6.75. The van der Waals surface area contributed by atoms with Crippen LogP contribution in [0.2, 0.25) is 10.0 Å². The van der Waals surface area contributed by atoms with Crippen LogP contribution in [0.5, 0.6) is 0 Å². The van der Waals surface area contributed by atoms with Gasteiger partial charge in [-0.25, -0.2) is 8.42 Å². The number of nitrogens with zero attached hydrogens (tertiary/aromatic N) is 1. The molecule has 112 valence electrons. The SMILES string of the molecule is NCC1CCN(S(=O)(=O)c2c(Cl)cc(Br)cc2Cl)CC1. The molecule has 0 aliphatic carbocycles. The van der Waals surface area contributed by atoms with E-state index in [2.05, 4.69) is 15.9 Å². The number of sulfonamides is 1. The minimum absolute atomic E-state index is 0.0183. The second-order valence-electron chi connectivity index (χ2n) is 4.78. The molecular formula is C12H15BrCl2N2O2S. The summed E-state index contributed by atoms with van der Waals surface area (Å²) in [6.45, 7) is 1.49. The van der Waals surface area contributed by atoms with E-state index in [-0.39, 0.29) is 14.9 Å². The number of nitrogens with two attached hydrogens (primary N) is 1. The van der Waals surface area contributed by atoms with Crippen LogP contribution in [0, 0.1) is 5.92 Å². The Morgan fingerprint density at radius 2 is 1.75 bits per heavy atom. The van der Waals surface area contributed by atoms with Crippen LogP contribution >= 0.6 is 39.1 Å². The van der Waals surface area contributed by atoms with Crippen LogP contribution in [0.15, 0.2) is 21.5 Å². The van der Waals surface area contributed by atoms with E-state index in [4.69, 9.17) is 28.9 Å². The zero-order valence-corrected chi connectivity index (χ0v) is 14.6. The summed E-state index contributed by atoms with van der Waals surface area (Å²) in [6, 6.07) is 3.07. The van der Waals surface area contributed by atoms with E-state index in [1.807, 2.05) is 0 Å². The van der Waals surface area contributed by atoms with Gasteiger partial charge >= 0.3 is 0 Å². The molecule has 1 aromatic carbocycles. The molecule has 1 aromatic rings. The van der Waals surface area contributed by atoms with E-state index in [0.717, 1.165) is 12.8 Å². The van der Waals surface area contributed by atoms with Crippen LogP contribution in [0.1, 0.15) is 12.8 Å². The van der Waals surface area contributed by atoms with Crippen LogP contribution in [-0.2, 0) is 10.0 Å². The maximum atomic E-state index is 12.6. The van der Waals surface area contributed by atoms with Crippen molar-refractivity contribution in [2.24, 2.45) is 11.7 Å². The highest BCUT2D eigenvalue weighted by molar-refractivity contribution is 9.10. The first-order chi connectivity index (χ1) is 9.36. The van der Waals surface area contributed by atoms with Crippen molar-refractivity contribution in [3.05, 3.63) is 26.7 Å². The molecule has 0 radical (unpaired) electrons. The van der Waals surface area contributed by atoms with Gasteiger partial charge in [0, 0.05) is 17.6 Å². The number of halogens is 3. The Bertz CT molecular complexity index is 578. The van der Waals surface area contributed by atoms with Gasteiger partial charge in [0.2, 0.25) is 10.0 Å². The second kappa shape index (κ2) is 6.50. The van der Waals surface area contributed by atoms with Crippen molar-refractivity contribution in [3.63, 3.8) is 0 Å². The number of piperidine rings is 1. The summed E-state index contributed by atoms with van der Waals surface area (Å²) < 4.78 is 27.4. The van der Waals surface area contributed by atoms with Crippen LogP contribution in [0.4, 0.5) is 0 Å². The van der Waals surface area contributed by atoms with E-state index in [9.17, 15) is 8.42 Å².